The lowest BCUT2D eigenvalue weighted by Crippen LogP contribution is -2.42. The van der Waals surface area contributed by atoms with Gasteiger partial charge < -0.3 is 14.2 Å². The molecular weight excluding hydrogens is 505 g/mol. The first kappa shape index (κ1) is 27.7. The van der Waals surface area contributed by atoms with Crippen molar-refractivity contribution in [2.24, 2.45) is 0 Å². The van der Waals surface area contributed by atoms with E-state index >= 15 is 0 Å². The topological polar surface area (TPSA) is 114 Å². The molecule has 13 heteroatoms. The number of hydroxylamine groups is 1. The van der Waals surface area contributed by atoms with Crippen LogP contribution in [0.15, 0.2) is 47.4 Å². The number of benzene rings is 2. The molecule has 0 saturated carbocycles. The van der Waals surface area contributed by atoms with Crippen LogP contribution >= 0.6 is 0 Å². The molecule has 2 N–H and O–H groups in total. The molecule has 1 fully saturated rings. The van der Waals surface area contributed by atoms with Crippen LogP contribution in [0, 0.1) is 0 Å². The average Bonchev–Trinajstić information content (AvgIpc) is 2.84. The summed E-state index contributed by atoms with van der Waals surface area (Å²) < 4.78 is 83.0. The number of carbonyl (C=O) groups is 1. The van der Waals surface area contributed by atoms with Gasteiger partial charge in [0.25, 0.3) is 0 Å². The fourth-order valence-electron chi connectivity index (χ4n) is 3.79. The van der Waals surface area contributed by atoms with Gasteiger partial charge in [-0.2, -0.15) is 17.5 Å². The van der Waals surface area contributed by atoms with Crippen molar-refractivity contribution in [2.45, 2.75) is 36.4 Å². The molecule has 1 amide bonds. The predicted octanol–water partition coefficient (Wildman–Crippen LogP) is 3.01. The maximum absolute atomic E-state index is 13.6. The number of nitrogens with zero attached hydrogens (tertiary/aromatic N) is 1. The molecule has 1 aliphatic heterocycles. The van der Waals surface area contributed by atoms with Crippen molar-refractivity contribution in [3.8, 4) is 11.5 Å². The Morgan fingerprint density at radius 3 is 2.36 bits per heavy atom. The number of halogens is 3. The normalized spacial score (nSPS) is 15.5. The molecule has 0 spiro atoms. The zero-order valence-corrected chi connectivity index (χ0v) is 20.3. The van der Waals surface area contributed by atoms with Gasteiger partial charge in [0.1, 0.15) is 29.1 Å². The van der Waals surface area contributed by atoms with E-state index in [1.807, 2.05) is 0 Å². The number of sulfonamides is 1. The smallest absolute Gasteiger partial charge is 0.416 e. The van der Waals surface area contributed by atoms with Crippen LogP contribution in [0.2, 0.25) is 0 Å². The molecule has 0 aromatic heterocycles. The summed E-state index contributed by atoms with van der Waals surface area (Å²) in [5.74, 6) is -0.471. The molecule has 1 heterocycles. The van der Waals surface area contributed by atoms with Gasteiger partial charge in [-0.05, 0) is 48.7 Å². The number of rotatable bonds is 10. The third-order valence-electron chi connectivity index (χ3n) is 5.56. The van der Waals surface area contributed by atoms with Gasteiger partial charge in [0.15, 0.2) is 0 Å². The second kappa shape index (κ2) is 11.9. The summed E-state index contributed by atoms with van der Waals surface area (Å²) in [5.41, 5.74) is 0.865. The molecule has 0 unspecified atom stereocenters. The van der Waals surface area contributed by atoms with Gasteiger partial charge in [-0.15, -0.1) is 0 Å². The summed E-state index contributed by atoms with van der Waals surface area (Å²) in [6.07, 6.45) is -4.61. The molecule has 9 nitrogen and oxygen atoms in total. The zero-order valence-electron chi connectivity index (χ0n) is 19.5. The zero-order chi connectivity index (χ0) is 26.3. The van der Waals surface area contributed by atoms with Crippen LogP contribution < -0.4 is 15.0 Å². The van der Waals surface area contributed by atoms with Crippen molar-refractivity contribution in [2.75, 3.05) is 33.4 Å². The summed E-state index contributed by atoms with van der Waals surface area (Å²) >= 11 is 0. The van der Waals surface area contributed by atoms with Crippen LogP contribution in [0.4, 0.5) is 13.2 Å². The molecule has 2 aromatic rings. The Hall–Kier alpha value is -2.87. The highest BCUT2D eigenvalue weighted by Crippen LogP contribution is 2.34. The molecule has 0 radical (unpaired) electrons. The minimum absolute atomic E-state index is 0.0541. The summed E-state index contributed by atoms with van der Waals surface area (Å²) in [6, 6.07) is 8.81. The Morgan fingerprint density at radius 1 is 1.11 bits per heavy atom. The van der Waals surface area contributed by atoms with Crippen LogP contribution in [0.5, 0.6) is 11.5 Å². The van der Waals surface area contributed by atoms with Gasteiger partial charge in [-0.3, -0.25) is 10.0 Å². The summed E-state index contributed by atoms with van der Waals surface area (Å²) in [4.78, 5) is 11.6. The molecule has 198 valence electrons. The number of nitrogens with one attached hydrogen (secondary N) is 1. The summed E-state index contributed by atoms with van der Waals surface area (Å²) in [5, 5.41) is 8.91. The molecule has 0 aliphatic carbocycles. The molecular formula is C23H27F3N2O7S. The third kappa shape index (κ3) is 6.87. The Bertz CT molecular complexity index is 1130. The molecule has 0 bridgehead atoms. The van der Waals surface area contributed by atoms with Crippen molar-refractivity contribution in [1.82, 2.24) is 9.79 Å². The molecule has 3 rings (SSSR count). The van der Waals surface area contributed by atoms with Crippen LogP contribution in [-0.2, 0) is 32.2 Å². The lowest BCUT2D eigenvalue weighted by molar-refractivity contribution is -0.137. The second-order valence-electron chi connectivity index (χ2n) is 8.04. The Kier molecular flexibility index (Phi) is 9.17. The number of methoxy groups -OCH3 is 1. The first-order chi connectivity index (χ1) is 17.1. The minimum atomic E-state index is -4.45. The van der Waals surface area contributed by atoms with Crippen molar-refractivity contribution in [3.05, 3.63) is 53.6 Å². The molecule has 36 heavy (non-hydrogen) atoms. The number of carbonyl (C=O) groups excluding carboxylic acids is 1. The highest BCUT2D eigenvalue weighted by atomic mass is 32.2. The van der Waals surface area contributed by atoms with Gasteiger partial charge >= 0.3 is 6.18 Å². The van der Waals surface area contributed by atoms with Crippen LogP contribution in [0.1, 0.15) is 24.0 Å². The maximum Gasteiger partial charge on any atom is 0.416 e. The van der Waals surface area contributed by atoms with E-state index in [2.05, 4.69) is 0 Å². The van der Waals surface area contributed by atoms with E-state index in [0.29, 0.717) is 12.8 Å². The van der Waals surface area contributed by atoms with Crippen molar-refractivity contribution in [3.63, 3.8) is 0 Å². The van der Waals surface area contributed by atoms with Crippen molar-refractivity contribution < 1.29 is 45.8 Å². The predicted molar refractivity (Wildman–Crippen MR) is 121 cm³/mol. The van der Waals surface area contributed by atoms with Gasteiger partial charge in [-0.25, -0.2) is 13.9 Å². The number of hydrogen-bond acceptors (Lipinski definition) is 7. The van der Waals surface area contributed by atoms with E-state index in [1.165, 1.54) is 41.2 Å². The van der Waals surface area contributed by atoms with Gasteiger partial charge in [0.05, 0.1) is 18.6 Å². The Morgan fingerprint density at radius 2 is 1.78 bits per heavy atom. The first-order valence-corrected chi connectivity index (χ1v) is 12.5. The lowest BCUT2D eigenvalue weighted by Gasteiger charge is -2.32. The van der Waals surface area contributed by atoms with Crippen LogP contribution in [0.3, 0.4) is 0 Å². The highest BCUT2D eigenvalue weighted by Gasteiger charge is 2.35. The highest BCUT2D eigenvalue weighted by molar-refractivity contribution is 7.89. The van der Waals surface area contributed by atoms with E-state index < -0.39 is 27.7 Å². The maximum atomic E-state index is 13.6. The summed E-state index contributed by atoms with van der Waals surface area (Å²) in [7, 11) is -2.64. The van der Waals surface area contributed by atoms with Crippen molar-refractivity contribution in [1.29, 1.82) is 0 Å². The van der Waals surface area contributed by atoms with E-state index in [9.17, 15) is 26.4 Å². The number of alkyl halides is 3. The molecule has 1 aliphatic rings. The SMILES string of the molecule is COCCOc1cccc(CC(=O)NO)c1S(=O)(=O)N1CCC(Oc2ccc(C(F)(F)F)cc2)CC1. The van der Waals surface area contributed by atoms with Gasteiger partial charge in [-0.1, -0.05) is 12.1 Å². The molecule has 0 atom stereocenters. The number of amides is 1. The van der Waals surface area contributed by atoms with E-state index in [0.717, 1.165) is 12.1 Å². The molecule has 2 aromatic carbocycles. The monoisotopic (exact) mass is 532 g/mol. The summed E-state index contributed by atoms with van der Waals surface area (Å²) in [6.45, 7) is 0.475. The Labute approximate surface area is 206 Å². The number of piperidine rings is 1. The second-order valence-corrected chi connectivity index (χ2v) is 9.92. The van der Waals surface area contributed by atoms with Crippen LogP contribution in [0.25, 0.3) is 0 Å². The fraction of sp³-hybridized carbons (Fsp3) is 0.435. The number of hydrogen-bond donors (Lipinski definition) is 2. The fourth-order valence-corrected chi connectivity index (χ4v) is 5.59. The lowest BCUT2D eigenvalue weighted by atomic mass is 10.1. The van der Waals surface area contributed by atoms with E-state index in [4.69, 9.17) is 19.4 Å². The van der Waals surface area contributed by atoms with E-state index in [-0.39, 0.29) is 60.8 Å². The van der Waals surface area contributed by atoms with Gasteiger partial charge in [0.2, 0.25) is 15.9 Å². The third-order valence-corrected chi connectivity index (χ3v) is 7.59. The first-order valence-electron chi connectivity index (χ1n) is 11.1. The van der Waals surface area contributed by atoms with Crippen LogP contribution in [-0.4, -0.2) is 63.4 Å². The quantitative estimate of drug-likeness (QED) is 0.275. The van der Waals surface area contributed by atoms with E-state index in [1.54, 1.807) is 6.07 Å². The Balaban J connectivity index is 1.75. The minimum Gasteiger partial charge on any atom is -0.490 e. The van der Waals surface area contributed by atoms with Crippen molar-refractivity contribution >= 4 is 15.9 Å². The van der Waals surface area contributed by atoms with Gasteiger partial charge in [0, 0.05) is 20.2 Å². The number of ether oxygens (including phenoxy) is 3. The molecule has 1 saturated heterocycles. The standard InChI is InChI=1S/C23H27F3N2O7S/c1-33-13-14-34-20-4-2-3-16(15-21(29)27-30)22(20)36(31,32)28-11-9-19(10-12-28)35-18-7-5-17(6-8-18)23(24,25)26/h2-8,19,30H,9-15H2,1H3,(H,27,29). The largest absolute Gasteiger partial charge is 0.490 e. The average molecular weight is 533 g/mol.